The van der Waals surface area contributed by atoms with Gasteiger partial charge in [0.05, 0.1) is 13.2 Å². The van der Waals surface area contributed by atoms with E-state index in [1.807, 2.05) is 54.6 Å². The van der Waals surface area contributed by atoms with Crippen LogP contribution in [0.25, 0.3) is 0 Å². The minimum atomic E-state index is -0.560. The second-order valence-corrected chi connectivity index (χ2v) is 6.88. The smallest absolute Gasteiger partial charge is 0.330 e. The van der Waals surface area contributed by atoms with Crippen LogP contribution in [-0.2, 0) is 19.5 Å². The molecular formula is C22H26N4O3. The standard InChI is InChI=1S/C22H26N4O3/c1-2-16-8-10-18(11-9-16)14-25(12-13-27)19-20(23)26(22(29)24-21(19)28)15-17-6-4-3-5-7-17/h3-11,27H,2,12-15,23H2,1H3,(H,24,28,29). The highest BCUT2D eigenvalue weighted by Crippen LogP contribution is 2.20. The third kappa shape index (κ3) is 4.75. The van der Waals surface area contributed by atoms with Crippen molar-refractivity contribution in [1.82, 2.24) is 9.55 Å². The first-order valence-electron chi connectivity index (χ1n) is 9.63. The first-order valence-corrected chi connectivity index (χ1v) is 9.63. The van der Waals surface area contributed by atoms with E-state index in [9.17, 15) is 14.7 Å². The highest BCUT2D eigenvalue weighted by Gasteiger charge is 2.19. The van der Waals surface area contributed by atoms with Crippen molar-refractivity contribution >= 4 is 11.5 Å². The third-order valence-corrected chi connectivity index (χ3v) is 4.89. The summed E-state index contributed by atoms with van der Waals surface area (Å²) < 4.78 is 1.34. The predicted octanol–water partition coefficient (Wildman–Crippen LogP) is 1.73. The molecule has 0 saturated heterocycles. The molecule has 1 aromatic heterocycles. The monoisotopic (exact) mass is 394 g/mol. The SMILES string of the molecule is CCc1ccc(CN(CCO)c2c(N)n(Cc3ccccc3)c(=O)[nH]c2=O)cc1. The molecule has 3 rings (SSSR count). The summed E-state index contributed by atoms with van der Waals surface area (Å²) in [6.07, 6.45) is 0.942. The Balaban J connectivity index is 1.99. The van der Waals surface area contributed by atoms with Gasteiger partial charge in [0.15, 0.2) is 0 Å². The summed E-state index contributed by atoms with van der Waals surface area (Å²) in [5.74, 6) is 0.0845. The molecule has 7 heteroatoms. The largest absolute Gasteiger partial charge is 0.395 e. The van der Waals surface area contributed by atoms with Crippen LogP contribution in [0.15, 0.2) is 64.2 Å². The highest BCUT2D eigenvalue weighted by atomic mass is 16.3. The number of aryl methyl sites for hydroxylation is 1. The van der Waals surface area contributed by atoms with E-state index in [2.05, 4.69) is 11.9 Å². The van der Waals surface area contributed by atoms with Gasteiger partial charge in [-0.15, -0.1) is 0 Å². The average Bonchev–Trinajstić information content (AvgIpc) is 2.72. The Bertz CT molecular complexity index is 1060. The van der Waals surface area contributed by atoms with Gasteiger partial charge in [0, 0.05) is 13.1 Å². The van der Waals surface area contributed by atoms with Crippen molar-refractivity contribution in [2.75, 3.05) is 23.8 Å². The normalized spacial score (nSPS) is 10.8. The zero-order valence-electron chi connectivity index (χ0n) is 16.5. The summed E-state index contributed by atoms with van der Waals surface area (Å²) in [6.45, 7) is 2.79. The molecule has 0 bridgehead atoms. The molecule has 1 heterocycles. The average molecular weight is 394 g/mol. The molecule has 0 amide bonds. The predicted molar refractivity (Wildman–Crippen MR) is 115 cm³/mol. The van der Waals surface area contributed by atoms with Crippen LogP contribution in [0.5, 0.6) is 0 Å². The van der Waals surface area contributed by atoms with E-state index >= 15 is 0 Å². The van der Waals surface area contributed by atoms with Gasteiger partial charge in [-0.1, -0.05) is 61.5 Å². The molecule has 0 atom stereocenters. The number of rotatable bonds is 8. The van der Waals surface area contributed by atoms with Crippen LogP contribution in [0.1, 0.15) is 23.6 Å². The molecule has 4 N–H and O–H groups in total. The van der Waals surface area contributed by atoms with Crippen molar-refractivity contribution in [1.29, 1.82) is 0 Å². The number of benzene rings is 2. The van der Waals surface area contributed by atoms with Crippen molar-refractivity contribution < 1.29 is 5.11 Å². The Labute approximate surface area is 169 Å². The molecular weight excluding hydrogens is 368 g/mol. The van der Waals surface area contributed by atoms with Crippen LogP contribution in [0.4, 0.5) is 11.5 Å². The number of aliphatic hydroxyl groups is 1. The summed E-state index contributed by atoms with van der Waals surface area (Å²) in [6, 6.07) is 17.5. The number of aromatic nitrogens is 2. The fourth-order valence-electron chi connectivity index (χ4n) is 3.30. The van der Waals surface area contributed by atoms with E-state index in [-0.39, 0.29) is 31.2 Å². The van der Waals surface area contributed by atoms with Crippen LogP contribution in [-0.4, -0.2) is 27.8 Å². The summed E-state index contributed by atoms with van der Waals surface area (Å²) in [5, 5.41) is 9.54. The Morgan fingerprint density at radius 2 is 1.66 bits per heavy atom. The lowest BCUT2D eigenvalue weighted by atomic mass is 10.1. The Hall–Kier alpha value is -3.32. The van der Waals surface area contributed by atoms with Gasteiger partial charge in [-0.25, -0.2) is 4.79 Å². The minimum absolute atomic E-state index is 0.0845. The molecule has 0 spiro atoms. The minimum Gasteiger partial charge on any atom is -0.395 e. The number of nitrogens with one attached hydrogen (secondary N) is 1. The maximum absolute atomic E-state index is 12.6. The first kappa shape index (κ1) is 20.4. The number of nitrogen functional groups attached to an aromatic ring is 1. The van der Waals surface area contributed by atoms with Crippen molar-refractivity contribution in [2.24, 2.45) is 0 Å². The number of hydrogen-bond donors (Lipinski definition) is 3. The number of nitrogens with zero attached hydrogens (tertiary/aromatic N) is 2. The summed E-state index contributed by atoms with van der Waals surface area (Å²) in [5.41, 5.74) is 8.45. The molecule has 0 aliphatic carbocycles. The van der Waals surface area contributed by atoms with Gasteiger partial charge in [-0.3, -0.25) is 14.3 Å². The van der Waals surface area contributed by atoms with Crippen molar-refractivity contribution in [2.45, 2.75) is 26.4 Å². The molecule has 0 unspecified atom stereocenters. The van der Waals surface area contributed by atoms with E-state index in [4.69, 9.17) is 5.73 Å². The Kier molecular flexibility index (Phi) is 6.51. The van der Waals surface area contributed by atoms with Gasteiger partial charge >= 0.3 is 5.69 Å². The summed E-state index contributed by atoms with van der Waals surface area (Å²) >= 11 is 0. The maximum Gasteiger partial charge on any atom is 0.330 e. The van der Waals surface area contributed by atoms with Crippen LogP contribution in [0.3, 0.4) is 0 Å². The molecule has 0 aliphatic heterocycles. The second kappa shape index (κ2) is 9.25. The fourth-order valence-corrected chi connectivity index (χ4v) is 3.30. The summed E-state index contributed by atoms with van der Waals surface area (Å²) in [7, 11) is 0. The molecule has 0 radical (unpaired) electrons. The van der Waals surface area contributed by atoms with E-state index in [1.54, 1.807) is 4.90 Å². The third-order valence-electron chi connectivity index (χ3n) is 4.89. The molecule has 0 fully saturated rings. The van der Waals surface area contributed by atoms with Crippen LogP contribution in [0.2, 0.25) is 0 Å². The molecule has 152 valence electrons. The van der Waals surface area contributed by atoms with E-state index in [0.29, 0.717) is 6.54 Å². The fraction of sp³-hybridized carbons (Fsp3) is 0.273. The maximum atomic E-state index is 12.6. The first-order chi connectivity index (χ1) is 14.0. The topological polar surface area (TPSA) is 104 Å². The molecule has 0 saturated carbocycles. The number of hydrogen-bond acceptors (Lipinski definition) is 5. The lowest BCUT2D eigenvalue weighted by Crippen LogP contribution is -2.39. The van der Waals surface area contributed by atoms with Crippen molar-refractivity contribution in [3.8, 4) is 0 Å². The van der Waals surface area contributed by atoms with Gasteiger partial charge in [0.2, 0.25) is 0 Å². The zero-order valence-corrected chi connectivity index (χ0v) is 16.5. The number of aromatic amines is 1. The lowest BCUT2D eigenvalue weighted by Gasteiger charge is -2.25. The summed E-state index contributed by atoms with van der Waals surface area (Å²) in [4.78, 5) is 29.1. The highest BCUT2D eigenvalue weighted by molar-refractivity contribution is 5.62. The van der Waals surface area contributed by atoms with Gasteiger partial charge in [0.25, 0.3) is 5.56 Å². The second-order valence-electron chi connectivity index (χ2n) is 6.88. The molecule has 2 aromatic carbocycles. The van der Waals surface area contributed by atoms with Gasteiger partial charge in [0.1, 0.15) is 11.5 Å². The van der Waals surface area contributed by atoms with Crippen LogP contribution in [0, 0.1) is 0 Å². The lowest BCUT2D eigenvalue weighted by molar-refractivity contribution is 0.301. The van der Waals surface area contributed by atoms with E-state index < -0.39 is 11.2 Å². The Morgan fingerprint density at radius 1 is 1.00 bits per heavy atom. The van der Waals surface area contributed by atoms with Gasteiger partial charge in [-0.2, -0.15) is 0 Å². The van der Waals surface area contributed by atoms with Gasteiger partial charge in [-0.05, 0) is 23.1 Å². The number of aliphatic hydroxyl groups excluding tert-OH is 1. The van der Waals surface area contributed by atoms with Gasteiger partial charge < -0.3 is 15.7 Å². The van der Waals surface area contributed by atoms with Crippen LogP contribution >= 0.6 is 0 Å². The van der Waals surface area contributed by atoms with Crippen LogP contribution < -0.4 is 21.9 Å². The van der Waals surface area contributed by atoms with E-state index in [0.717, 1.165) is 17.5 Å². The molecule has 3 aromatic rings. The zero-order chi connectivity index (χ0) is 20.8. The molecule has 29 heavy (non-hydrogen) atoms. The number of H-pyrrole nitrogens is 1. The molecule has 0 aliphatic rings. The molecule has 7 nitrogen and oxygen atoms in total. The quantitative estimate of drug-likeness (QED) is 0.540. The van der Waals surface area contributed by atoms with Crippen molar-refractivity contribution in [3.05, 3.63) is 92.1 Å². The Morgan fingerprint density at radius 3 is 2.28 bits per heavy atom. The number of nitrogens with two attached hydrogens (primary N) is 1. The number of anilines is 2. The van der Waals surface area contributed by atoms with Crippen molar-refractivity contribution in [3.63, 3.8) is 0 Å². The van der Waals surface area contributed by atoms with E-state index in [1.165, 1.54) is 10.1 Å².